The molecule has 1 aromatic heterocycles. The van der Waals surface area contributed by atoms with E-state index in [2.05, 4.69) is 24.1 Å². The molecule has 19 heavy (non-hydrogen) atoms. The van der Waals surface area contributed by atoms with E-state index >= 15 is 0 Å². The minimum absolute atomic E-state index is 0.0680. The maximum atomic E-state index is 11.5. The molecule has 108 valence electrons. The van der Waals surface area contributed by atoms with E-state index in [1.807, 2.05) is 18.1 Å². The third-order valence-corrected chi connectivity index (χ3v) is 6.53. The highest BCUT2D eigenvalue weighted by Gasteiger charge is 2.31. The van der Waals surface area contributed by atoms with Crippen molar-refractivity contribution >= 4 is 26.3 Å². The van der Waals surface area contributed by atoms with E-state index in [1.165, 1.54) is 4.88 Å². The van der Waals surface area contributed by atoms with Gasteiger partial charge in [0.1, 0.15) is 0 Å². The van der Waals surface area contributed by atoms with Crippen LogP contribution in [0, 0.1) is 0 Å². The Hall–Kier alpha value is -0.660. The summed E-state index contributed by atoms with van der Waals surface area (Å²) < 4.78 is 23.0. The van der Waals surface area contributed by atoms with Crippen LogP contribution in [0.4, 0.5) is 5.13 Å². The first kappa shape index (κ1) is 14.7. The molecule has 0 saturated carbocycles. The average Bonchev–Trinajstić information content (AvgIpc) is 2.95. The lowest BCUT2D eigenvalue weighted by Gasteiger charge is -2.22. The Morgan fingerprint density at radius 2 is 2.37 bits per heavy atom. The molecule has 2 rings (SSSR count). The lowest BCUT2D eigenvalue weighted by molar-refractivity contribution is 0.601. The first-order chi connectivity index (χ1) is 8.93. The van der Waals surface area contributed by atoms with Crippen molar-refractivity contribution in [3.8, 4) is 0 Å². The predicted octanol–water partition coefficient (Wildman–Crippen LogP) is 1.44. The van der Waals surface area contributed by atoms with Gasteiger partial charge in [0.25, 0.3) is 0 Å². The second-order valence-electron chi connectivity index (χ2n) is 4.99. The van der Waals surface area contributed by atoms with Gasteiger partial charge < -0.3 is 10.2 Å². The molecule has 2 atom stereocenters. The molecule has 1 fully saturated rings. The van der Waals surface area contributed by atoms with Crippen LogP contribution in [0.15, 0.2) is 6.20 Å². The monoisotopic (exact) mass is 303 g/mol. The quantitative estimate of drug-likeness (QED) is 0.892. The summed E-state index contributed by atoms with van der Waals surface area (Å²) in [6.07, 6.45) is 2.59. The minimum Gasteiger partial charge on any atom is -0.347 e. The van der Waals surface area contributed by atoms with Crippen LogP contribution >= 0.6 is 11.3 Å². The molecular weight excluding hydrogens is 282 g/mol. The van der Waals surface area contributed by atoms with Crippen molar-refractivity contribution < 1.29 is 8.42 Å². The van der Waals surface area contributed by atoms with Gasteiger partial charge in [0.2, 0.25) is 0 Å². The molecule has 1 aromatic rings. The molecule has 1 aliphatic heterocycles. The third-order valence-electron chi connectivity index (χ3n) is 3.51. The maximum Gasteiger partial charge on any atom is 0.185 e. The van der Waals surface area contributed by atoms with Crippen LogP contribution in [0.2, 0.25) is 0 Å². The highest BCUT2D eigenvalue weighted by molar-refractivity contribution is 7.91. The van der Waals surface area contributed by atoms with Crippen molar-refractivity contribution in [3.63, 3.8) is 0 Å². The summed E-state index contributed by atoms with van der Waals surface area (Å²) in [7, 11) is -0.907. The standard InChI is InChI=1S/C12H21N3O2S2/c1-4-13-9(2)11-7-14-12(18-11)15(3)10-5-6-19(16,17)8-10/h7,9-10,13H,4-6,8H2,1-3H3. The zero-order chi connectivity index (χ0) is 14.0. The van der Waals surface area contributed by atoms with E-state index in [0.717, 1.165) is 11.7 Å². The number of nitrogens with one attached hydrogen (secondary N) is 1. The number of anilines is 1. The Balaban J connectivity index is 2.06. The number of aromatic nitrogens is 1. The van der Waals surface area contributed by atoms with Gasteiger partial charge in [-0.2, -0.15) is 0 Å². The molecule has 7 heteroatoms. The van der Waals surface area contributed by atoms with Crippen molar-refractivity contribution in [1.82, 2.24) is 10.3 Å². The van der Waals surface area contributed by atoms with E-state index in [0.29, 0.717) is 12.2 Å². The zero-order valence-corrected chi connectivity index (χ0v) is 13.2. The highest BCUT2D eigenvalue weighted by atomic mass is 32.2. The second kappa shape index (κ2) is 5.76. The number of nitrogens with zero attached hydrogens (tertiary/aromatic N) is 2. The molecular formula is C12H21N3O2S2. The average molecular weight is 303 g/mol. The summed E-state index contributed by atoms with van der Waals surface area (Å²) in [5.74, 6) is 0.551. The summed E-state index contributed by atoms with van der Waals surface area (Å²) in [6.45, 7) is 5.11. The Kier molecular flexibility index (Phi) is 4.47. The fraction of sp³-hybridized carbons (Fsp3) is 0.750. The second-order valence-corrected chi connectivity index (χ2v) is 8.26. The third kappa shape index (κ3) is 3.46. The fourth-order valence-electron chi connectivity index (χ4n) is 2.28. The van der Waals surface area contributed by atoms with Gasteiger partial charge in [-0.25, -0.2) is 13.4 Å². The van der Waals surface area contributed by atoms with E-state index in [-0.39, 0.29) is 17.8 Å². The van der Waals surface area contributed by atoms with E-state index in [1.54, 1.807) is 11.3 Å². The van der Waals surface area contributed by atoms with Gasteiger partial charge >= 0.3 is 0 Å². The molecule has 0 radical (unpaired) electrons. The molecule has 0 aromatic carbocycles. The number of thiazole rings is 1. The van der Waals surface area contributed by atoms with Gasteiger partial charge in [-0.1, -0.05) is 6.92 Å². The van der Waals surface area contributed by atoms with Crippen LogP contribution in [0.1, 0.15) is 31.2 Å². The van der Waals surface area contributed by atoms with E-state index < -0.39 is 9.84 Å². The molecule has 1 aliphatic rings. The predicted molar refractivity (Wildman–Crippen MR) is 79.7 cm³/mol. The molecule has 1 saturated heterocycles. The fourth-order valence-corrected chi connectivity index (χ4v) is 5.03. The van der Waals surface area contributed by atoms with Crippen LogP contribution in [0.3, 0.4) is 0 Å². The molecule has 2 heterocycles. The Bertz CT molecular complexity index is 527. The molecule has 1 N–H and O–H groups in total. The van der Waals surface area contributed by atoms with Crippen molar-refractivity contribution in [2.24, 2.45) is 0 Å². The number of sulfone groups is 1. The normalized spacial score (nSPS) is 23.4. The van der Waals surface area contributed by atoms with Crippen LogP contribution < -0.4 is 10.2 Å². The van der Waals surface area contributed by atoms with Crippen molar-refractivity contribution in [3.05, 3.63) is 11.1 Å². The molecule has 2 unspecified atom stereocenters. The lowest BCUT2D eigenvalue weighted by Crippen LogP contribution is -2.32. The van der Waals surface area contributed by atoms with Gasteiger partial charge in [-0.3, -0.25) is 0 Å². The first-order valence-corrected chi connectivity index (χ1v) is 9.19. The smallest absolute Gasteiger partial charge is 0.185 e. The first-order valence-electron chi connectivity index (χ1n) is 6.55. The van der Waals surface area contributed by atoms with E-state index in [9.17, 15) is 8.42 Å². The van der Waals surface area contributed by atoms with Gasteiger partial charge in [0.05, 0.1) is 11.5 Å². The molecule has 0 amide bonds. The van der Waals surface area contributed by atoms with Crippen LogP contribution in [-0.4, -0.2) is 44.5 Å². The largest absolute Gasteiger partial charge is 0.347 e. The number of hydrogen-bond donors (Lipinski definition) is 1. The van der Waals surface area contributed by atoms with Gasteiger partial charge in [0.15, 0.2) is 15.0 Å². The van der Waals surface area contributed by atoms with E-state index in [4.69, 9.17) is 0 Å². The van der Waals surface area contributed by atoms with Gasteiger partial charge in [-0.05, 0) is 19.9 Å². The van der Waals surface area contributed by atoms with Crippen molar-refractivity contribution in [1.29, 1.82) is 0 Å². The Morgan fingerprint density at radius 3 is 2.95 bits per heavy atom. The Morgan fingerprint density at radius 1 is 1.63 bits per heavy atom. The molecule has 0 bridgehead atoms. The number of rotatable bonds is 5. The maximum absolute atomic E-state index is 11.5. The van der Waals surface area contributed by atoms with Crippen molar-refractivity contribution in [2.45, 2.75) is 32.4 Å². The number of hydrogen-bond acceptors (Lipinski definition) is 6. The highest BCUT2D eigenvalue weighted by Crippen LogP contribution is 2.29. The SMILES string of the molecule is CCNC(C)c1cnc(N(C)C2CCS(=O)(=O)C2)s1. The van der Waals surface area contributed by atoms with Gasteiger partial charge in [0, 0.05) is 30.2 Å². The zero-order valence-electron chi connectivity index (χ0n) is 11.6. The summed E-state index contributed by atoms with van der Waals surface area (Å²) in [5.41, 5.74) is 0. The summed E-state index contributed by atoms with van der Waals surface area (Å²) >= 11 is 1.63. The molecule has 0 spiro atoms. The summed E-state index contributed by atoms with van der Waals surface area (Å²) in [4.78, 5) is 7.62. The molecule has 0 aliphatic carbocycles. The Labute approximate surface area is 119 Å². The summed E-state index contributed by atoms with van der Waals surface area (Å²) in [5, 5.41) is 4.26. The van der Waals surface area contributed by atoms with Crippen LogP contribution in [0.25, 0.3) is 0 Å². The molecule has 5 nitrogen and oxygen atoms in total. The van der Waals surface area contributed by atoms with Crippen molar-refractivity contribution in [2.75, 3.05) is 30.0 Å². The van der Waals surface area contributed by atoms with Crippen LogP contribution in [-0.2, 0) is 9.84 Å². The minimum atomic E-state index is -2.84. The van der Waals surface area contributed by atoms with Crippen LogP contribution in [0.5, 0.6) is 0 Å². The topological polar surface area (TPSA) is 62.3 Å². The summed E-state index contributed by atoms with van der Waals surface area (Å²) in [6, 6.07) is 0.357. The van der Waals surface area contributed by atoms with Gasteiger partial charge in [-0.15, -0.1) is 11.3 Å². The lowest BCUT2D eigenvalue weighted by atomic mass is 10.2.